The van der Waals surface area contributed by atoms with Crippen molar-refractivity contribution in [1.29, 1.82) is 0 Å². The molecule has 18 heavy (non-hydrogen) atoms. The lowest BCUT2D eigenvalue weighted by atomic mass is 10.00. The van der Waals surface area contributed by atoms with Gasteiger partial charge in [-0.25, -0.2) is 4.98 Å². The van der Waals surface area contributed by atoms with E-state index in [-0.39, 0.29) is 0 Å². The first-order chi connectivity index (χ1) is 8.56. The lowest BCUT2D eigenvalue weighted by Crippen LogP contribution is -2.14. The van der Waals surface area contributed by atoms with Gasteiger partial charge in [-0.1, -0.05) is 17.7 Å². The van der Waals surface area contributed by atoms with Gasteiger partial charge in [-0.15, -0.1) is 11.3 Å². The Hall–Kier alpha value is -1.19. The highest BCUT2D eigenvalue weighted by Crippen LogP contribution is 2.17. The summed E-state index contributed by atoms with van der Waals surface area (Å²) in [7, 11) is 0. The van der Waals surface area contributed by atoms with Crippen molar-refractivity contribution in [3.63, 3.8) is 0 Å². The van der Waals surface area contributed by atoms with Crippen LogP contribution in [0.5, 0.6) is 0 Å². The van der Waals surface area contributed by atoms with Gasteiger partial charge in [0.25, 0.3) is 0 Å². The fraction of sp³-hybridized carbons (Fsp3) is 0.400. The average molecular weight is 260 g/mol. The van der Waals surface area contributed by atoms with Crippen LogP contribution in [0.4, 0.5) is 0 Å². The smallest absolute Gasteiger partial charge is 0.0897 e. The molecule has 2 aromatic rings. The topological polar surface area (TPSA) is 24.9 Å². The molecule has 0 aliphatic rings. The molecule has 1 heterocycles. The number of hydrogen-bond acceptors (Lipinski definition) is 3. The van der Waals surface area contributed by atoms with Crippen LogP contribution in [-0.4, -0.2) is 4.98 Å². The number of benzene rings is 1. The highest BCUT2D eigenvalue weighted by Gasteiger charge is 2.04. The van der Waals surface area contributed by atoms with Crippen molar-refractivity contribution in [3.8, 4) is 0 Å². The van der Waals surface area contributed by atoms with Gasteiger partial charge in [0.15, 0.2) is 0 Å². The second-order valence-electron chi connectivity index (χ2n) is 4.83. The average Bonchev–Trinajstić information content (AvgIpc) is 2.68. The minimum Gasteiger partial charge on any atom is -0.308 e. The molecule has 96 valence electrons. The standard InChI is InChI=1S/C15H20N2S/c1-10-5-11(2)15(12(3)6-10)9-16-7-14-8-17-13(4)18-14/h5-6,8,16H,7,9H2,1-4H3. The molecule has 1 aromatic heterocycles. The summed E-state index contributed by atoms with van der Waals surface area (Å²) >= 11 is 1.76. The van der Waals surface area contributed by atoms with E-state index in [0.29, 0.717) is 0 Å². The Bertz CT molecular complexity index is 520. The second-order valence-corrected chi connectivity index (χ2v) is 6.15. The van der Waals surface area contributed by atoms with Crippen LogP contribution in [0.15, 0.2) is 18.3 Å². The maximum absolute atomic E-state index is 4.27. The van der Waals surface area contributed by atoms with Gasteiger partial charge in [-0.2, -0.15) is 0 Å². The summed E-state index contributed by atoms with van der Waals surface area (Å²) in [5.74, 6) is 0. The van der Waals surface area contributed by atoms with Gasteiger partial charge in [0.2, 0.25) is 0 Å². The van der Waals surface area contributed by atoms with Crippen LogP contribution in [0.2, 0.25) is 0 Å². The van der Waals surface area contributed by atoms with Crippen LogP contribution in [-0.2, 0) is 13.1 Å². The van der Waals surface area contributed by atoms with Crippen LogP contribution in [0.25, 0.3) is 0 Å². The minimum absolute atomic E-state index is 0.901. The monoisotopic (exact) mass is 260 g/mol. The van der Waals surface area contributed by atoms with Gasteiger partial charge in [-0.3, -0.25) is 0 Å². The first-order valence-electron chi connectivity index (χ1n) is 6.25. The maximum atomic E-state index is 4.27. The molecule has 0 saturated carbocycles. The number of nitrogens with zero attached hydrogens (tertiary/aromatic N) is 1. The number of aryl methyl sites for hydroxylation is 4. The first kappa shape index (κ1) is 13.2. The lowest BCUT2D eigenvalue weighted by Gasteiger charge is -2.11. The SMILES string of the molecule is Cc1cc(C)c(CNCc2cnc(C)s2)c(C)c1. The lowest BCUT2D eigenvalue weighted by molar-refractivity contribution is 0.694. The molecule has 0 spiro atoms. The minimum atomic E-state index is 0.901. The van der Waals surface area contributed by atoms with Crippen LogP contribution in [0.1, 0.15) is 32.1 Å². The van der Waals surface area contributed by atoms with E-state index in [9.17, 15) is 0 Å². The third kappa shape index (κ3) is 3.18. The molecule has 0 fully saturated rings. The molecule has 0 unspecified atom stereocenters. The quantitative estimate of drug-likeness (QED) is 0.907. The summed E-state index contributed by atoms with van der Waals surface area (Å²) in [5.41, 5.74) is 5.51. The molecule has 0 bridgehead atoms. The van der Waals surface area contributed by atoms with Gasteiger partial charge in [0, 0.05) is 24.2 Å². The van der Waals surface area contributed by atoms with Crippen molar-refractivity contribution in [2.75, 3.05) is 0 Å². The fourth-order valence-electron chi connectivity index (χ4n) is 2.29. The summed E-state index contributed by atoms with van der Waals surface area (Å²) < 4.78 is 0. The zero-order valence-corrected chi connectivity index (χ0v) is 12.3. The zero-order valence-electron chi connectivity index (χ0n) is 11.5. The number of thiazole rings is 1. The van der Waals surface area contributed by atoms with E-state index in [0.717, 1.165) is 18.1 Å². The van der Waals surface area contributed by atoms with Gasteiger partial charge in [0.05, 0.1) is 5.01 Å². The van der Waals surface area contributed by atoms with Crippen molar-refractivity contribution in [1.82, 2.24) is 10.3 Å². The first-order valence-corrected chi connectivity index (χ1v) is 7.06. The summed E-state index contributed by atoms with van der Waals surface area (Å²) in [5, 5.41) is 4.64. The van der Waals surface area contributed by atoms with Gasteiger partial charge < -0.3 is 5.32 Å². The third-order valence-corrected chi connectivity index (χ3v) is 4.02. The molecule has 0 radical (unpaired) electrons. The van der Waals surface area contributed by atoms with Crippen molar-refractivity contribution in [3.05, 3.63) is 50.5 Å². The van der Waals surface area contributed by atoms with Crippen LogP contribution in [0.3, 0.4) is 0 Å². The summed E-state index contributed by atoms with van der Waals surface area (Å²) in [6.07, 6.45) is 1.96. The molecule has 0 atom stereocenters. The molecule has 0 amide bonds. The van der Waals surface area contributed by atoms with E-state index in [1.54, 1.807) is 11.3 Å². The zero-order chi connectivity index (χ0) is 13.1. The van der Waals surface area contributed by atoms with Crippen molar-refractivity contribution >= 4 is 11.3 Å². The summed E-state index contributed by atoms with van der Waals surface area (Å²) in [6, 6.07) is 4.50. The molecule has 0 aliphatic carbocycles. The van der Waals surface area contributed by atoms with E-state index < -0.39 is 0 Å². The molecule has 3 heteroatoms. The molecular weight excluding hydrogens is 240 g/mol. The maximum Gasteiger partial charge on any atom is 0.0897 e. The van der Waals surface area contributed by atoms with Crippen LogP contribution in [0, 0.1) is 27.7 Å². The molecule has 1 aromatic carbocycles. The van der Waals surface area contributed by atoms with E-state index in [2.05, 4.69) is 43.2 Å². The molecule has 0 aliphatic heterocycles. The highest BCUT2D eigenvalue weighted by atomic mass is 32.1. The fourth-order valence-corrected chi connectivity index (χ4v) is 3.05. The predicted octanol–water partition coefficient (Wildman–Crippen LogP) is 3.67. The summed E-state index contributed by atoms with van der Waals surface area (Å²) in [6.45, 7) is 10.4. The molecule has 2 nitrogen and oxygen atoms in total. The largest absolute Gasteiger partial charge is 0.308 e. The Morgan fingerprint density at radius 1 is 1.06 bits per heavy atom. The predicted molar refractivity (Wildman–Crippen MR) is 78.0 cm³/mol. The van der Waals surface area contributed by atoms with Gasteiger partial charge >= 0.3 is 0 Å². The molecule has 0 saturated heterocycles. The van der Waals surface area contributed by atoms with Gasteiger partial charge in [-0.05, 0) is 44.4 Å². The van der Waals surface area contributed by atoms with E-state index in [1.807, 2.05) is 13.1 Å². The van der Waals surface area contributed by atoms with E-state index in [1.165, 1.54) is 27.1 Å². The molecular formula is C15H20N2S. The Labute approximate surface area is 113 Å². The van der Waals surface area contributed by atoms with Crippen molar-refractivity contribution < 1.29 is 0 Å². The normalized spacial score (nSPS) is 10.9. The van der Waals surface area contributed by atoms with Crippen LogP contribution >= 0.6 is 11.3 Å². The molecule has 1 N–H and O–H groups in total. The van der Waals surface area contributed by atoms with E-state index in [4.69, 9.17) is 0 Å². The van der Waals surface area contributed by atoms with Crippen molar-refractivity contribution in [2.45, 2.75) is 40.8 Å². The highest BCUT2D eigenvalue weighted by molar-refractivity contribution is 7.11. The summed E-state index contributed by atoms with van der Waals surface area (Å²) in [4.78, 5) is 5.57. The van der Waals surface area contributed by atoms with Crippen LogP contribution < -0.4 is 5.32 Å². The second kappa shape index (κ2) is 5.63. The number of rotatable bonds is 4. The Balaban J connectivity index is 1.98. The van der Waals surface area contributed by atoms with Gasteiger partial charge in [0.1, 0.15) is 0 Å². The van der Waals surface area contributed by atoms with E-state index >= 15 is 0 Å². The number of aromatic nitrogens is 1. The molecule has 2 rings (SSSR count). The van der Waals surface area contributed by atoms with Crippen molar-refractivity contribution in [2.24, 2.45) is 0 Å². The number of nitrogens with one attached hydrogen (secondary N) is 1. The third-order valence-electron chi connectivity index (χ3n) is 3.11. The Morgan fingerprint density at radius 2 is 1.72 bits per heavy atom. The Kier molecular flexibility index (Phi) is 4.15. The number of hydrogen-bond donors (Lipinski definition) is 1. The Morgan fingerprint density at radius 3 is 2.28 bits per heavy atom.